The Labute approximate surface area is 160 Å². The molecule has 0 saturated carbocycles. The average molecular weight is 389 g/mol. The number of nitrogens with one attached hydrogen (secondary N) is 2. The Balaban J connectivity index is 1.83. The molecule has 2 heterocycles. The second kappa shape index (κ2) is 8.91. The Morgan fingerprint density at radius 2 is 2.00 bits per heavy atom. The summed E-state index contributed by atoms with van der Waals surface area (Å²) < 4.78 is 5.25. The fourth-order valence-electron chi connectivity index (χ4n) is 2.70. The zero-order valence-electron chi connectivity index (χ0n) is 14.4. The normalized spacial score (nSPS) is 16.8. The lowest BCUT2D eigenvalue weighted by Gasteiger charge is -2.28. The van der Waals surface area contributed by atoms with Gasteiger partial charge in [0, 0.05) is 22.1 Å². The third kappa shape index (κ3) is 4.47. The molecule has 2 amide bonds. The summed E-state index contributed by atoms with van der Waals surface area (Å²) in [4.78, 5) is 25.6. The third-order valence-electron chi connectivity index (χ3n) is 3.83. The molecule has 0 aliphatic carbocycles. The number of benzene rings is 1. The molecule has 1 aliphatic heterocycles. The lowest BCUT2D eigenvalue weighted by molar-refractivity contribution is -0.139. The van der Waals surface area contributed by atoms with Crippen LogP contribution in [-0.2, 0) is 15.3 Å². The molecular weight excluding hydrogens is 368 g/mol. The number of carbonyl (C=O) groups is 2. The zero-order chi connectivity index (χ0) is 18.4. The van der Waals surface area contributed by atoms with Crippen molar-refractivity contribution in [1.29, 1.82) is 0 Å². The van der Waals surface area contributed by atoms with Gasteiger partial charge in [0.25, 0.3) is 0 Å². The lowest BCUT2D eigenvalue weighted by Crippen LogP contribution is -2.46. The minimum atomic E-state index is -0.477. The number of esters is 1. The molecule has 1 aromatic heterocycles. The third-order valence-corrected chi connectivity index (χ3v) is 5.80. The van der Waals surface area contributed by atoms with E-state index < -0.39 is 12.0 Å². The van der Waals surface area contributed by atoms with E-state index in [2.05, 4.69) is 22.8 Å². The van der Waals surface area contributed by atoms with Crippen molar-refractivity contribution >= 4 is 35.1 Å². The van der Waals surface area contributed by atoms with Crippen molar-refractivity contribution in [3.05, 3.63) is 69.6 Å². The topological polar surface area (TPSA) is 67.4 Å². The molecule has 2 aromatic rings. The Bertz CT molecular complexity index is 788. The Morgan fingerprint density at radius 3 is 2.69 bits per heavy atom. The van der Waals surface area contributed by atoms with Crippen LogP contribution in [0.3, 0.4) is 0 Å². The first-order valence-corrected chi connectivity index (χ1v) is 10.3. The number of hydrogen-bond acceptors (Lipinski definition) is 5. The first kappa shape index (κ1) is 18.5. The predicted molar refractivity (Wildman–Crippen MR) is 105 cm³/mol. The van der Waals surface area contributed by atoms with E-state index in [0.717, 1.165) is 10.6 Å². The molecule has 5 nitrogen and oxygen atoms in total. The summed E-state index contributed by atoms with van der Waals surface area (Å²) in [7, 11) is 0. The molecule has 26 heavy (non-hydrogen) atoms. The molecule has 136 valence electrons. The Morgan fingerprint density at radius 1 is 1.19 bits per heavy atom. The maximum atomic E-state index is 12.6. The molecule has 0 radical (unpaired) electrons. The lowest BCUT2D eigenvalue weighted by atomic mass is 10.0. The van der Waals surface area contributed by atoms with E-state index in [9.17, 15) is 9.59 Å². The molecule has 0 unspecified atom stereocenters. The second-order valence-electron chi connectivity index (χ2n) is 5.64. The van der Waals surface area contributed by atoms with Crippen molar-refractivity contribution in [1.82, 2.24) is 10.6 Å². The van der Waals surface area contributed by atoms with Crippen molar-refractivity contribution in [3.8, 4) is 0 Å². The number of rotatable bonds is 7. The van der Waals surface area contributed by atoms with E-state index >= 15 is 0 Å². The van der Waals surface area contributed by atoms with Gasteiger partial charge in [0.1, 0.15) is 0 Å². The first-order valence-electron chi connectivity index (χ1n) is 8.31. The van der Waals surface area contributed by atoms with E-state index in [4.69, 9.17) is 4.74 Å². The summed E-state index contributed by atoms with van der Waals surface area (Å²) in [5.74, 6) is 0.930. The maximum Gasteiger partial charge on any atom is 0.338 e. The molecule has 0 fully saturated rings. The Hall–Kier alpha value is -2.25. The van der Waals surface area contributed by atoms with Crippen molar-refractivity contribution in [3.63, 3.8) is 0 Å². The van der Waals surface area contributed by atoms with Gasteiger partial charge in [-0.05, 0) is 23.9 Å². The first-order chi connectivity index (χ1) is 12.7. The second-order valence-corrected chi connectivity index (χ2v) is 7.60. The average Bonchev–Trinajstić information content (AvgIpc) is 3.17. The molecule has 0 spiro atoms. The van der Waals surface area contributed by atoms with E-state index in [0.29, 0.717) is 17.0 Å². The summed E-state index contributed by atoms with van der Waals surface area (Å²) in [6.45, 7) is 2.06. The van der Waals surface area contributed by atoms with Crippen molar-refractivity contribution in [2.45, 2.75) is 18.7 Å². The molecule has 0 bridgehead atoms. The Kier molecular flexibility index (Phi) is 6.35. The molecule has 1 atom stereocenters. The highest BCUT2D eigenvalue weighted by molar-refractivity contribution is 7.98. The smallest absolute Gasteiger partial charge is 0.338 e. The van der Waals surface area contributed by atoms with Crippen LogP contribution in [0, 0.1) is 0 Å². The highest BCUT2D eigenvalue weighted by atomic mass is 32.2. The van der Waals surface area contributed by atoms with Crippen LogP contribution in [0.4, 0.5) is 4.79 Å². The molecule has 2 N–H and O–H groups in total. The van der Waals surface area contributed by atoms with E-state index in [1.54, 1.807) is 18.7 Å². The van der Waals surface area contributed by atoms with Crippen molar-refractivity contribution in [2.24, 2.45) is 0 Å². The minimum absolute atomic E-state index is 0.290. The van der Waals surface area contributed by atoms with Crippen molar-refractivity contribution < 1.29 is 14.3 Å². The van der Waals surface area contributed by atoms with Crippen LogP contribution < -0.4 is 10.6 Å². The summed E-state index contributed by atoms with van der Waals surface area (Å²) in [5, 5.41) is 7.56. The van der Waals surface area contributed by atoms with E-state index in [-0.39, 0.29) is 12.6 Å². The zero-order valence-corrected chi connectivity index (χ0v) is 16.0. The fourth-order valence-corrected chi connectivity index (χ4v) is 4.44. The predicted octanol–water partition coefficient (Wildman–Crippen LogP) is 3.85. The highest BCUT2D eigenvalue weighted by Crippen LogP contribution is 2.32. The number of urea groups is 1. The van der Waals surface area contributed by atoms with E-state index in [1.807, 2.05) is 35.7 Å². The number of ether oxygens (including phenoxy) is 1. The van der Waals surface area contributed by atoms with Gasteiger partial charge in [-0.2, -0.15) is 11.8 Å². The molecule has 1 aromatic carbocycles. The van der Waals surface area contributed by atoms with Gasteiger partial charge in [0.2, 0.25) is 0 Å². The monoisotopic (exact) mass is 388 g/mol. The van der Waals surface area contributed by atoms with Crippen LogP contribution in [0.15, 0.2) is 59.1 Å². The van der Waals surface area contributed by atoms with Gasteiger partial charge in [-0.1, -0.05) is 36.4 Å². The fraction of sp³-hybridized carbons (Fsp3) is 0.263. The molecular formula is C19H20N2O3S2. The summed E-state index contributed by atoms with van der Waals surface area (Å²) in [5.41, 5.74) is 2.30. The number of amides is 2. The number of thiophene rings is 1. The van der Waals surface area contributed by atoms with Gasteiger partial charge in [0.15, 0.2) is 0 Å². The van der Waals surface area contributed by atoms with Gasteiger partial charge in [-0.15, -0.1) is 11.3 Å². The highest BCUT2D eigenvalue weighted by Gasteiger charge is 2.34. The standard InChI is InChI=1S/C19H20N2O3S2/c1-2-24-18(22)16-14(12-25-11-13-7-4-3-5-8-13)20-19(23)21-17(16)15-9-6-10-26-15/h3-10,17H,2,11-12H2,1H3,(H2,20,21,23)/t17-/m0/s1. The SMILES string of the molecule is CCOC(=O)C1=C(CSCc2ccccc2)NC(=O)N[C@H]1c1cccs1. The van der Waals surface area contributed by atoms with Gasteiger partial charge >= 0.3 is 12.0 Å². The molecule has 0 saturated heterocycles. The minimum Gasteiger partial charge on any atom is -0.463 e. The summed E-state index contributed by atoms with van der Waals surface area (Å²) in [6.07, 6.45) is 0. The molecule has 3 rings (SSSR count). The van der Waals surface area contributed by atoms with Crippen LogP contribution in [-0.4, -0.2) is 24.4 Å². The number of thioether (sulfide) groups is 1. The van der Waals surface area contributed by atoms with E-state index in [1.165, 1.54) is 16.9 Å². The van der Waals surface area contributed by atoms with Gasteiger partial charge in [-0.25, -0.2) is 9.59 Å². The quantitative estimate of drug-likeness (QED) is 0.707. The van der Waals surface area contributed by atoms with Crippen LogP contribution in [0.25, 0.3) is 0 Å². The summed E-state index contributed by atoms with van der Waals surface area (Å²) in [6, 6.07) is 13.1. The molecule has 1 aliphatic rings. The van der Waals surface area contributed by atoms with Crippen LogP contribution in [0.2, 0.25) is 0 Å². The van der Waals surface area contributed by atoms with Crippen LogP contribution in [0.5, 0.6) is 0 Å². The van der Waals surface area contributed by atoms with Gasteiger partial charge in [-0.3, -0.25) is 0 Å². The maximum absolute atomic E-state index is 12.6. The summed E-state index contributed by atoms with van der Waals surface area (Å²) >= 11 is 3.15. The largest absolute Gasteiger partial charge is 0.463 e. The van der Waals surface area contributed by atoms with Crippen LogP contribution in [0.1, 0.15) is 23.4 Å². The van der Waals surface area contributed by atoms with Crippen molar-refractivity contribution in [2.75, 3.05) is 12.4 Å². The van der Waals surface area contributed by atoms with Gasteiger partial charge < -0.3 is 15.4 Å². The van der Waals surface area contributed by atoms with Crippen LogP contribution >= 0.6 is 23.1 Å². The molecule has 7 heteroatoms. The number of carbonyl (C=O) groups excluding carboxylic acids is 2. The van der Waals surface area contributed by atoms with Gasteiger partial charge in [0.05, 0.1) is 18.2 Å². The number of hydrogen-bond donors (Lipinski definition) is 2.